The average Bonchev–Trinajstić information content (AvgIpc) is 3.81. The fourth-order valence-electron chi connectivity index (χ4n) is 6.19. The number of nitrogens with zero attached hydrogens (tertiary/aromatic N) is 3. The molecule has 2 unspecified atom stereocenters. The zero-order valence-corrected chi connectivity index (χ0v) is 31.3. The number of anilines is 1. The molecule has 2 amide bonds. The van der Waals surface area contributed by atoms with Crippen molar-refractivity contribution >= 4 is 63.0 Å². The molecule has 0 radical (unpaired) electrons. The van der Waals surface area contributed by atoms with Gasteiger partial charge in [-0.15, -0.1) is 23.1 Å². The third-order valence-electron chi connectivity index (χ3n) is 8.49. The van der Waals surface area contributed by atoms with E-state index in [9.17, 15) is 14.7 Å². The number of ether oxygens (including phenoxy) is 2. The molecule has 3 aromatic carbocycles. The molecule has 2 fully saturated rings. The minimum atomic E-state index is -1.27. The number of thiazole rings is 1. The van der Waals surface area contributed by atoms with Crippen LogP contribution in [0.5, 0.6) is 0 Å². The predicted octanol–water partition coefficient (Wildman–Crippen LogP) is 0.547. The van der Waals surface area contributed by atoms with Crippen LogP contribution in [0.15, 0.2) is 113 Å². The van der Waals surface area contributed by atoms with Crippen molar-refractivity contribution in [2.45, 2.75) is 29.5 Å². The first-order chi connectivity index (χ1) is 23.9. The van der Waals surface area contributed by atoms with Crippen molar-refractivity contribution < 1.29 is 58.6 Å². The van der Waals surface area contributed by atoms with Crippen LogP contribution in [-0.2, 0) is 29.5 Å². The van der Waals surface area contributed by atoms with Crippen LogP contribution in [0.4, 0.5) is 5.13 Å². The monoisotopic (exact) mass is 735 g/mol. The molecule has 0 aliphatic carbocycles. The Morgan fingerprint density at radius 2 is 1.66 bits per heavy atom. The van der Waals surface area contributed by atoms with Gasteiger partial charge in [0.2, 0.25) is 5.60 Å². The van der Waals surface area contributed by atoms with Crippen molar-refractivity contribution in [2.24, 2.45) is 5.16 Å². The number of thiocarbonyl (C=S) groups is 1. The molecule has 50 heavy (non-hydrogen) atoms. The van der Waals surface area contributed by atoms with Gasteiger partial charge in [-0.3, -0.25) is 14.5 Å². The number of thioether (sulfide) groups is 1. The van der Waals surface area contributed by atoms with Gasteiger partial charge >= 0.3 is 29.6 Å². The van der Waals surface area contributed by atoms with Crippen LogP contribution in [0.3, 0.4) is 0 Å². The molecule has 250 valence electrons. The standard InChI is InChI=1S/C35H31N5O6S3.Na/c36-34-37-26(19-49-34)27(30(41)38-28-31(42)40-29(33(43)47)21(18-48-32(28)40)16-25-17-44-20-45-25)39-46-35(22-10-4-1-5-11-22,23-12-6-2-7-13-23)24-14-8-3-9-15-24;/h1-15,19,25,28,32H,16-18,20H2,(H2,36,37)(H,38,41)(H,43,47);/q;+1/p-1/b39-27+;/t25?,28?,32-;/m1./s1. The van der Waals surface area contributed by atoms with E-state index in [1.54, 1.807) is 5.38 Å². The Balaban J connectivity index is 0.00000432. The van der Waals surface area contributed by atoms with E-state index in [2.05, 4.69) is 15.5 Å². The Hall–Kier alpha value is -3.60. The van der Waals surface area contributed by atoms with Crippen molar-refractivity contribution in [3.8, 4) is 0 Å². The topological polar surface area (TPSA) is 151 Å². The number of oxime groups is 1. The van der Waals surface area contributed by atoms with Gasteiger partial charge in [0.05, 0.1) is 12.7 Å². The summed E-state index contributed by atoms with van der Waals surface area (Å²) in [7, 11) is 0. The van der Waals surface area contributed by atoms with E-state index < -0.39 is 33.9 Å². The van der Waals surface area contributed by atoms with E-state index >= 15 is 0 Å². The quantitative estimate of drug-likeness (QED) is 0.0559. The molecule has 7 rings (SSSR count). The number of fused-ring (bicyclic) bond motifs is 1. The number of hydrogen-bond donors (Lipinski definition) is 2. The molecule has 0 saturated carbocycles. The summed E-state index contributed by atoms with van der Waals surface area (Å²) in [4.78, 5) is 40.0. The normalized spacial score (nSPS) is 20.4. The van der Waals surface area contributed by atoms with Crippen LogP contribution in [0.2, 0.25) is 0 Å². The summed E-state index contributed by atoms with van der Waals surface area (Å²) in [6.07, 6.45) is 0.200. The van der Waals surface area contributed by atoms with Gasteiger partial charge in [-0.2, -0.15) is 0 Å². The first-order valence-electron chi connectivity index (χ1n) is 15.4. The third kappa shape index (κ3) is 6.99. The molecule has 3 N–H and O–H groups in total. The van der Waals surface area contributed by atoms with Crippen molar-refractivity contribution in [1.29, 1.82) is 0 Å². The number of nitrogens with one attached hydrogen (secondary N) is 1. The van der Waals surface area contributed by atoms with Gasteiger partial charge in [-0.05, 0) is 10.6 Å². The Kier molecular flexibility index (Phi) is 11.4. The number of nitrogen functional groups attached to an aromatic ring is 1. The summed E-state index contributed by atoms with van der Waals surface area (Å²) >= 11 is 7.62. The molecule has 3 aliphatic rings. The summed E-state index contributed by atoms with van der Waals surface area (Å²) in [6, 6.07) is 27.8. The van der Waals surface area contributed by atoms with Gasteiger partial charge in [-0.25, -0.2) is 4.98 Å². The molecule has 0 spiro atoms. The van der Waals surface area contributed by atoms with Crippen LogP contribution < -0.4 is 45.7 Å². The Morgan fingerprint density at radius 3 is 2.16 bits per heavy atom. The molecule has 2 saturated heterocycles. The van der Waals surface area contributed by atoms with Crippen molar-refractivity contribution in [2.75, 3.05) is 24.9 Å². The number of hydrogen-bond acceptors (Lipinski definition) is 12. The maximum Gasteiger partial charge on any atom is 1.00 e. The smallest absolute Gasteiger partial charge is 0.863 e. The Labute approximate surface area is 324 Å². The fraction of sp³-hybridized carbons (Fsp3) is 0.229. The number of β-lactam (4-membered cyclic amide) rings is 1. The van der Waals surface area contributed by atoms with Gasteiger partial charge in [0, 0.05) is 39.9 Å². The maximum absolute atomic E-state index is 14.1. The zero-order chi connectivity index (χ0) is 34.0. The maximum atomic E-state index is 14.1. The van der Waals surface area contributed by atoms with Crippen molar-refractivity contribution in [1.82, 2.24) is 15.2 Å². The number of nitrogens with two attached hydrogens (primary N) is 1. The first kappa shape index (κ1) is 36.2. The summed E-state index contributed by atoms with van der Waals surface area (Å²) in [5.41, 5.74) is 7.96. The molecular weight excluding hydrogens is 706 g/mol. The van der Waals surface area contributed by atoms with Crippen molar-refractivity contribution in [3.05, 3.63) is 130 Å². The molecule has 0 bridgehead atoms. The Morgan fingerprint density at radius 1 is 1.06 bits per heavy atom. The number of rotatable bonds is 11. The summed E-state index contributed by atoms with van der Waals surface area (Å²) in [5, 5.41) is 20.6. The second kappa shape index (κ2) is 15.7. The first-order valence-corrected chi connectivity index (χ1v) is 17.7. The second-order valence-corrected chi connectivity index (χ2v) is 13.8. The van der Waals surface area contributed by atoms with E-state index in [0.717, 1.165) is 33.6 Å². The van der Waals surface area contributed by atoms with E-state index in [1.807, 2.05) is 91.0 Å². The molecule has 3 aliphatic heterocycles. The average molecular weight is 736 g/mol. The largest absolute Gasteiger partial charge is 1.00 e. The van der Waals surface area contributed by atoms with E-state index in [-0.39, 0.29) is 64.7 Å². The van der Waals surface area contributed by atoms with E-state index in [4.69, 9.17) is 32.3 Å². The summed E-state index contributed by atoms with van der Waals surface area (Å²) < 4.78 is 10.8. The predicted molar refractivity (Wildman–Crippen MR) is 188 cm³/mol. The van der Waals surface area contributed by atoms with E-state index in [0.29, 0.717) is 18.8 Å². The molecule has 15 heteroatoms. The molecule has 4 heterocycles. The summed E-state index contributed by atoms with van der Waals surface area (Å²) in [5.74, 6) is -0.701. The van der Waals surface area contributed by atoms with Gasteiger partial charge in [-0.1, -0.05) is 108 Å². The number of amides is 2. The minimum absolute atomic E-state index is 0. The number of carbonyl (C=O) groups excluding carboxylic acids is 2. The molecule has 3 atom stereocenters. The molecule has 4 aromatic rings. The van der Waals surface area contributed by atoms with Crippen LogP contribution in [0.25, 0.3) is 0 Å². The summed E-state index contributed by atoms with van der Waals surface area (Å²) in [6.45, 7) is 0.581. The fourth-order valence-corrected chi connectivity index (χ4v) is 8.35. The zero-order valence-electron chi connectivity index (χ0n) is 26.9. The Bertz CT molecular complexity index is 1830. The van der Waals surface area contributed by atoms with Gasteiger partial charge in [0.25, 0.3) is 11.8 Å². The SMILES string of the molecule is Nc1nc(/C(=N\OC(c2ccccc2)(c2ccccc2)c2ccccc2)C(=O)NC2C(=O)N3C(C([O-])=S)=C(CC4COCO4)CS[C@H]23)cs1.[Na+]. The van der Waals surface area contributed by atoms with Crippen molar-refractivity contribution in [3.63, 3.8) is 0 Å². The van der Waals surface area contributed by atoms with E-state index in [1.165, 1.54) is 16.7 Å². The van der Waals surface area contributed by atoms with Crippen LogP contribution in [-0.4, -0.2) is 69.1 Å². The molecule has 1 aromatic heterocycles. The molecule has 11 nitrogen and oxygen atoms in total. The van der Waals surface area contributed by atoms with Crippen LogP contribution >= 0.6 is 35.3 Å². The third-order valence-corrected chi connectivity index (χ3v) is 10.7. The second-order valence-electron chi connectivity index (χ2n) is 11.5. The van der Waals surface area contributed by atoms with Crippen LogP contribution in [0, 0.1) is 0 Å². The minimum Gasteiger partial charge on any atom is -0.863 e. The van der Waals surface area contributed by atoms with Gasteiger partial charge < -0.3 is 30.5 Å². The number of aromatic nitrogens is 1. The molecular formula is C35H30N5NaO6S3. The number of carbonyl (C=O) groups is 2. The number of benzene rings is 3. The van der Waals surface area contributed by atoms with Gasteiger partial charge in [0.15, 0.2) is 10.8 Å². The van der Waals surface area contributed by atoms with Crippen LogP contribution in [0.1, 0.15) is 28.8 Å². The van der Waals surface area contributed by atoms with Gasteiger partial charge in [0.1, 0.15) is 23.9 Å².